The van der Waals surface area contributed by atoms with Gasteiger partial charge in [-0.2, -0.15) is 0 Å². The molecule has 0 radical (unpaired) electrons. The van der Waals surface area contributed by atoms with Crippen LogP contribution in [0, 0.1) is 11.3 Å². The fraction of sp³-hybridized carbons (Fsp3) is 0.923. The van der Waals surface area contributed by atoms with E-state index in [9.17, 15) is 9.90 Å². The van der Waals surface area contributed by atoms with Gasteiger partial charge in [-0.1, -0.05) is 0 Å². The highest BCUT2D eigenvalue weighted by molar-refractivity contribution is 6.19. The molecule has 0 aliphatic carbocycles. The molecule has 1 heterocycles. The molecule has 0 aromatic heterocycles. The van der Waals surface area contributed by atoms with Crippen LogP contribution in [0.25, 0.3) is 0 Å². The summed E-state index contributed by atoms with van der Waals surface area (Å²) in [5, 5.41) is 10.0. The van der Waals surface area contributed by atoms with Crippen LogP contribution >= 0.6 is 11.6 Å². The van der Waals surface area contributed by atoms with Gasteiger partial charge in [-0.3, -0.25) is 4.79 Å². The van der Waals surface area contributed by atoms with Gasteiger partial charge in [0.25, 0.3) is 0 Å². The summed E-state index contributed by atoms with van der Waals surface area (Å²) in [7, 11) is 0. The van der Waals surface area contributed by atoms with E-state index in [4.69, 9.17) is 11.6 Å². The normalized spacial score (nSPS) is 22.7. The van der Waals surface area contributed by atoms with Gasteiger partial charge in [0.15, 0.2) is 0 Å². The van der Waals surface area contributed by atoms with Crippen LogP contribution in [0.3, 0.4) is 0 Å². The molecule has 1 unspecified atom stereocenters. The molecule has 1 N–H and O–H groups in total. The second-order valence-corrected chi connectivity index (χ2v) is 6.53. The molecule has 100 valence electrons. The Bertz CT molecular complexity index is 284. The summed E-state index contributed by atoms with van der Waals surface area (Å²) in [5.41, 5.74) is -1.23. The van der Waals surface area contributed by atoms with Crippen molar-refractivity contribution in [2.75, 3.05) is 19.0 Å². The molecule has 1 rings (SSSR count). The van der Waals surface area contributed by atoms with Crippen molar-refractivity contribution in [3.63, 3.8) is 0 Å². The highest BCUT2D eigenvalue weighted by atomic mass is 35.5. The minimum absolute atomic E-state index is 0.0986. The van der Waals surface area contributed by atoms with E-state index in [0.29, 0.717) is 12.4 Å². The zero-order chi connectivity index (χ0) is 13.3. The number of alkyl halides is 1. The van der Waals surface area contributed by atoms with Crippen LogP contribution in [-0.2, 0) is 4.79 Å². The fourth-order valence-corrected chi connectivity index (χ4v) is 2.34. The Morgan fingerprint density at radius 2 is 2.00 bits per heavy atom. The zero-order valence-electron chi connectivity index (χ0n) is 11.3. The highest BCUT2D eigenvalue weighted by Crippen LogP contribution is 2.30. The first-order valence-electron chi connectivity index (χ1n) is 6.26. The van der Waals surface area contributed by atoms with Gasteiger partial charge in [0.2, 0.25) is 5.91 Å². The molecule has 0 bridgehead atoms. The third-order valence-electron chi connectivity index (χ3n) is 3.62. The Morgan fingerprint density at radius 3 is 2.47 bits per heavy atom. The first-order valence-corrected chi connectivity index (χ1v) is 6.79. The molecule has 17 heavy (non-hydrogen) atoms. The summed E-state index contributed by atoms with van der Waals surface area (Å²) in [6.45, 7) is 8.80. The number of amides is 1. The third kappa shape index (κ3) is 3.59. The molecular weight excluding hydrogens is 238 g/mol. The second-order valence-electron chi connectivity index (χ2n) is 6.26. The number of likely N-dealkylation sites (tertiary alicyclic amines) is 1. The molecule has 0 aromatic rings. The van der Waals surface area contributed by atoms with Gasteiger partial charge in [-0.15, -0.1) is 11.6 Å². The summed E-state index contributed by atoms with van der Waals surface area (Å²) in [6.07, 6.45) is 1.94. The topological polar surface area (TPSA) is 40.5 Å². The predicted molar refractivity (Wildman–Crippen MR) is 70.1 cm³/mol. The Hall–Kier alpha value is -0.280. The Balaban J connectivity index is 2.71. The van der Waals surface area contributed by atoms with Gasteiger partial charge < -0.3 is 10.0 Å². The zero-order valence-corrected chi connectivity index (χ0v) is 12.0. The van der Waals surface area contributed by atoms with Gasteiger partial charge in [0.1, 0.15) is 0 Å². The van der Waals surface area contributed by atoms with Crippen molar-refractivity contribution >= 4 is 17.5 Å². The molecule has 1 atom stereocenters. The smallest absolute Gasteiger partial charge is 0.229 e. The quantitative estimate of drug-likeness (QED) is 0.792. The number of hydrogen-bond donors (Lipinski definition) is 1. The largest absolute Gasteiger partial charge is 0.390 e. The van der Waals surface area contributed by atoms with Crippen molar-refractivity contribution < 1.29 is 9.90 Å². The maximum atomic E-state index is 12.3. The van der Waals surface area contributed by atoms with Crippen LogP contribution in [0.5, 0.6) is 0 Å². The molecule has 0 spiro atoms. The van der Waals surface area contributed by atoms with Crippen molar-refractivity contribution in [1.82, 2.24) is 4.90 Å². The average Bonchev–Trinajstić information content (AvgIpc) is 2.27. The lowest BCUT2D eigenvalue weighted by Crippen LogP contribution is -2.50. The lowest BCUT2D eigenvalue weighted by atomic mass is 9.83. The van der Waals surface area contributed by atoms with Crippen molar-refractivity contribution in [2.24, 2.45) is 11.3 Å². The van der Waals surface area contributed by atoms with E-state index in [0.717, 1.165) is 19.4 Å². The third-order valence-corrected chi connectivity index (χ3v) is 4.29. The first-order chi connectivity index (χ1) is 7.68. The van der Waals surface area contributed by atoms with Crippen molar-refractivity contribution in [3.05, 3.63) is 0 Å². The fourth-order valence-electron chi connectivity index (χ4n) is 2.22. The standard InChI is InChI=1S/C13H24ClNO2/c1-12(2,9-14)11(16)15-7-5-6-10(8-15)13(3,4)17/h10,17H,5-9H2,1-4H3. The molecule has 1 aliphatic rings. The predicted octanol–water partition coefficient (Wildman–Crippen LogP) is 2.26. The van der Waals surface area contributed by atoms with Gasteiger partial charge in [0.05, 0.1) is 11.0 Å². The first kappa shape index (κ1) is 14.8. The summed E-state index contributed by atoms with van der Waals surface area (Å²) >= 11 is 5.84. The molecule has 1 amide bonds. The monoisotopic (exact) mass is 261 g/mol. The van der Waals surface area contributed by atoms with Gasteiger partial charge >= 0.3 is 0 Å². The van der Waals surface area contributed by atoms with Crippen LogP contribution in [-0.4, -0.2) is 40.5 Å². The van der Waals surface area contributed by atoms with Gasteiger partial charge in [-0.25, -0.2) is 0 Å². The lowest BCUT2D eigenvalue weighted by Gasteiger charge is -2.41. The number of rotatable bonds is 3. The molecule has 4 heteroatoms. The van der Waals surface area contributed by atoms with Crippen molar-refractivity contribution in [2.45, 2.75) is 46.1 Å². The number of piperidine rings is 1. The summed E-state index contributed by atoms with van der Waals surface area (Å²) in [6, 6.07) is 0. The van der Waals surface area contributed by atoms with E-state index in [-0.39, 0.29) is 11.8 Å². The molecule has 0 saturated carbocycles. The highest BCUT2D eigenvalue weighted by Gasteiger charge is 2.37. The lowest BCUT2D eigenvalue weighted by molar-refractivity contribution is -0.143. The number of hydrogen-bond acceptors (Lipinski definition) is 2. The average molecular weight is 262 g/mol. The van der Waals surface area contributed by atoms with Crippen LogP contribution in [0.15, 0.2) is 0 Å². The van der Waals surface area contributed by atoms with Gasteiger partial charge in [-0.05, 0) is 40.5 Å². The number of halogens is 1. The summed E-state index contributed by atoms with van der Waals surface area (Å²) in [5.74, 6) is 0.586. The molecule has 1 saturated heterocycles. The Labute approximate surface area is 109 Å². The molecule has 3 nitrogen and oxygen atoms in total. The molecule has 0 aromatic carbocycles. The minimum atomic E-state index is -0.718. The van der Waals surface area contributed by atoms with E-state index in [2.05, 4.69) is 0 Å². The van der Waals surface area contributed by atoms with Crippen LogP contribution in [0.4, 0.5) is 0 Å². The Kier molecular flexibility index (Phi) is 4.48. The number of carbonyl (C=O) groups is 1. The molecular formula is C13H24ClNO2. The van der Waals surface area contributed by atoms with Gasteiger partial charge in [0, 0.05) is 24.9 Å². The maximum Gasteiger partial charge on any atom is 0.229 e. The van der Waals surface area contributed by atoms with Crippen LogP contribution in [0.2, 0.25) is 0 Å². The SMILES string of the molecule is CC(C)(CCl)C(=O)N1CCCC(C(C)(C)O)C1. The summed E-state index contributed by atoms with van der Waals surface area (Å²) in [4.78, 5) is 14.1. The van der Waals surface area contributed by atoms with Crippen molar-refractivity contribution in [3.8, 4) is 0 Å². The van der Waals surface area contributed by atoms with E-state index in [1.54, 1.807) is 0 Å². The van der Waals surface area contributed by atoms with E-state index >= 15 is 0 Å². The van der Waals surface area contributed by atoms with Crippen LogP contribution < -0.4 is 0 Å². The molecule has 1 fully saturated rings. The van der Waals surface area contributed by atoms with E-state index < -0.39 is 11.0 Å². The number of nitrogens with zero attached hydrogens (tertiary/aromatic N) is 1. The van der Waals surface area contributed by atoms with E-state index in [1.165, 1.54) is 0 Å². The minimum Gasteiger partial charge on any atom is -0.390 e. The van der Waals surface area contributed by atoms with Crippen molar-refractivity contribution in [1.29, 1.82) is 0 Å². The summed E-state index contributed by atoms with van der Waals surface area (Å²) < 4.78 is 0. The Morgan fingerprint density at radius 1 is 1.41 bits per heavy atom. The molecule has 1 aliphatic heterocycles. The maximum absolute atomic E-state index is 12.3. The second kappa shape index (κ2) is 5.15. The number of aliphatic hydroxyl groups is 1. The number of carbonyl (C=O) groups excluding carboxylic acids is 1. The van der Waals surface area contributed by atoms with Crippen LogP contribution in [0.1, 0.15) is 40.5 Å². The van der Waals surface area contributed by atoms with E-state index in [1.807, 2.05) is 32.6 Å².